The average molecular weight is 414 g/mol. The summed E-state index contributed by atoms with van der Waals surface area (Å²) in [5.41, 5.74) is 7.15. The van der Waals surface area contributed by atoms with E-state index in [1.54, 1.807) is 13.0 Å². The van der Waals surface area contributed by atoms with E-state index in [2.05, 4.69) is 21.3 Å². The van der Waals surface area contributed by atoms with Crippen LogP contribution in [0.15, 0.2) is 83.4 Å². The predicted molar refractivity (Wildman–Crippen MR) is 118 cm³/mol. The van der Waals surface area contributed by atoms with Crippen LogP contribution >= 0.6 is 0 Å². The normalized spacial score (nSPS) is 11.8. The summed E-state index contributed by atoms with van der Waals surface area (Å²) in [6, 6.07) is 23.7. The van der Waals surface area contributed by atoms with Crippen molar-refractivity contribution >= 4 is 28.4 Å². The first kappa shape index (κ1) is 20.3. The van der Waals surface area contributed by atoms with E-state index in [0.29, 0.717) is 17.1 Å². The zero-order valence-electron chi connectivity index (χ0n) is 17.0. The summed E-state index contributed by atoms with van der Waals surface area (Å²) >= 11 is 0. The number of nitrogens with zero attached hydrogens (tertiary/aromatic N) is 1. The molecular weight excluding hydrogens is 392 g/mol. The van der Waals surface area contributed by atoms with Crippen molar-refractivity contribution in [1.82, 2.24) is 16.0 Å². The van der Waals surface area contributed by atoms with Crippen molar-refractivity contribution in [2.45, 2.75) is 19.4 Å². The number of hydrogen-bond acceptors (Lipinski definition) is 5. The maximum absolute atomic E-state index is 12.9. The molecule has 156 valence electrons. The van der Waals surface area contributed by atoms with E-state index >= 15 is 0 Å². The third-order valence-electron chi connectivity index (χ3n) is 4.86. The van der Waals surface area contributed by atoms with Crippen LogP contribution in [0.3, 0.4) is 0 Å². The lowest BCUT2D eigenvalue weighted by molar-refractivity contribution is -0.123. The molecular formula is C24H22N4O3. The highest BCUT2D eigenvalue weighted by molar-refractivity contribution is 5.95. The number of aromatic nitrogens is 1. The molecule has 1 aromatic heterocycles. The van der Waals surface area contributed by atoms with Gasteiger partial charge in [-0.15, -0.1) is 0 Å². The average Bonchev–Trinajstić information content (AvgIpc) is 3.19. The minimum absolute atomic E-state index is 0.181. The first-order valence-corrected chi connectivity index (χ1v) is 9.90. The maximum Gasteiger partial charge on any atom is 0.249 e. The molecule has 0 fully saturated rings. The van der Waals surface area contributed by atoms with Gasteiger partial charge in [-0.3, -0.25) is 15.0 Å². The fraction of sp³-hybridized carbons (Fsp3) is 0.125. The highest BCUT2D eigenvalue weighted by atomic mass is 16.5. The van der Waals surface area contributed by atoms with E-state index in [4.69, 9.17) is 4.52 Å². The molecule has 0 saturated carbocycles. The van der Waals surface area contributed by atoms with Gasteiger partial charge in [-0.05, 0) is 28.8 Å². The van der Waals surface area contributed by atoms with Crippen molar-refractivity contribution in [3.63, 3.8) is 0 Å². The Balaban J connectivity index is 1.46. The van der Waals surface area contributed by atoms with Crippen LogP contribution in [0.25, 0.3) is 10.8 Å². The van der Waals surface area contributed by atoms with Crippen molar-refractivity contribution < 1.29 is 14.1 Å². The number of hydrogen-bond donors (Lipinski definition) is 3. The molecule has 7 nitrogen and oxygen atoms in total. The summed E-state index contributed by atoms with van der Waals surface area (Å²) in [6.07, 6.45) is 0.181. The molecule has 1 atom stereocenters. The van der Waals surface area contributed by atoms with Gasteiger partial charge in [0.25, 0.3) is 0 Å². The Hall–Kier alpha value is -3.97. The Kier molecular flexibility index (Phi) is 6.05. The van der Waals surface area contributed by atoms with E-state index in [-0.39, 0.29) is 18.2 Å². The van der Waals surface area contributed by atoms with Crippen molar-refractivity contribution in [2.75, 3.05) is 5.32 Å². The minimum atomic E-state index is -0.810. The lowest BCUT2D eigenvalue weighted by atomic mass is 10.0. The largest absolute Gasteiger partial charge is 0.360 e. The van der Waals surface area contributed by atoms with E-state index < -0.39 is 6.04 Å². The number of amides is 2. The van der Waals surface area contributed by atoms with Gasteiger partial charge in [-0.25, -0.2) is 5.43 Å². The predicted octanol–water partition coefficient (Wildman–Crippen LogP) is 3.68. The first-order valence-electron chi connectivity index (χ1n) is 9.90. The van der Waals surface area contributed by atoms with Crippen molar-refractivity contribution in [1.29, 1.82) is 0 Å². The van der Waals surface area contributed by atoms with Crippen LogP contribution in [0.2, 0.25) is 0 Å². The van der Waals surface area contributed by atoms with Gasteiger partial charge in [0, 0.05) is 6.07 Å². The van der Waals surface area contributed by atoms with Crippen LogP contribution in [-0.4, -0.2) is 17.0 Å². The summed E-state index contributed by atoms with van der Waals surface area (Å²) in [7, 11) is 0. The molecule has 1 heterocycles. The third-order valence-corrected chi connectivity index (χ3v) is 4.86. The molecule has 4 rings (SSSR count). The Morgan fingerprint density at radius 2 is 1.71 bits per heavy atom. The molecule has 0 radical (unpaired) electrons. The number of carbonyl (C=O) groups is 2. The van der Waals surface area contributed by atoms with Crippen molar-refractivity contribution in [3.05, 3.63) is 95.7 Å². The summed E-state index contributed by atoms with van der Waals surface area (Å²) < 4.78 is 5.00. The van der Waals surface area contributed by atoms with Gasteiger partial charge >= 0.3 is 0 Å². The number of fused-ring (bicyclic) bond motifs is 1. The van der Waals surface area contributed by atoms with Gasteiger partial charge in [0.05, 0.1) is 6.42 Å². The molecule has 7 heteroatoms. The van der Waals surface area contributed by atoms with Crippen LogP contribution in [-0.2, 0) is 16.0 Å². The number of hydrazine groups is 1. The highest BCUT2D eigenvalue weighted by Crippen LogP contribution is 2.19. The van der Waals surface area contributed by atoms with Crippen LogP contribution < -0.4 is 16.2 Å². The monoisotopic (exact) mass is 414 g/mol. The standard InChI is InChI=1S/C24H22N4O3/c1-16-14-21(28-31-16)25-24(30)23(18-9-3-2-4-10-18)27-26-22(29)15-19-12-7-11-17-8-5-6-13-20(17)19/h2-14,23,27H,15H2,1H3,(H,26,29)(H,25,28,30)/t23-/m1/s1. The molecule has 0 bridgehead atoms. The van der Waals surface area contributed by atoms with Gasteiger partial charge in [0.15, 0.2) is 5.82 Å². The Morgan fingerprint density at radius 1 is 0.968 bits per heavy atom. The fourth-order valence-corrected chi connectivity index (χ4v) is 3.39. The summed E-state index contributed by atoms with van der Waals surface area (Å²) in [5.74, 6) is 0.280. The molecule has 4 aromatic rings. The van der Waals surface area contributed by atoms with Crippen LogP contribution in [0, 0.1) is 6.92 Å². The van der Waals surface area contributed by atoms with Crippen LogP contribution in [0.5, 0.6) is 0 Å². The molecule has 2 amide bonds. The molecule has 0 saturated heterocycles. The van der Waals surface area contributed by atoms with E-state index in [9.17, 15) is 9.59 Å². The number of benzene rings is 3. The van der Waals surface area contributed by atoms with Gasteiger partial charge in [-0.1, -0.05) is 78.0 Å². The SMILES string of the molecule is Cc1cc(NC(=O)[C@H](NNC(=O)Cc2cccc3ccccc23)c2ccccc2)no1. The minimum Gasteiger partial charge on any atom is -0.360 e. The number of carbonyl (C=O) groups excluding carboxylic acids is 2. The second-order valence-electron chi connectivity index (χ2n) is 7.16. The lowest BCUT2D eigenvalue weighted by Gasteiger charge is -2.19. The van der Waals surface area contributed by atoms with E-state index in [1.807, 2.05) is 72.8 Å². The quantitative estimate of drug-likeness (QED) is 0.401. The van der Waals surface area contributed by atoms with Crippen LogP contribution in [0.1, 0.15) is 22.9 Å². The summed E-state index contributed by atoms with van der Waals surface area (Å²) in [5, 5.41) is 8.59. The maximum atomic E-state index is 12.9. The first-order chi connectivity index (χ1) is 15.1. The van der Waals surface area contributed by atoms with Gasteiger partial charge in [0.2, 0.25) is 11.8 Å². The number of rotatable bonds is 7. The Labute approximate surface area is 179 Å². The molecule has 3 N–H and O–H groups in total. The fourth-order valence-electron chi connectivity index (χ4n) is 3.39. The van der Waals surface area contributed by atoms with Gasteiger partial charge in [-0.2, -0.15) is 0 Å². The zero-order chi connectivity index (χ0) is 21.6. The second kappa shape index (κ2) is 9.23. The second-order valence-corrected chi connectivity index (χ2v) is 7.16. The lowest BCUT2D eigenvalue weighted by Crippen LogP contribution is -2.45. The smallest absolute Gasteiger partial charge is 0.249 e. The molecule has 0 spiro atoms. The van der Waals surface area contributed by atoms with E-state index in [1.165, 1.54) is 0 Å². The zero-order valence-corrected chi connectivity index (χ0v) is 17.0. The van der Waals surface area contributed by atoms with Crippen molar-refractivity contribution in [3.8, 4) is 0 Å². The molecule has 0 unspecified atom stereocenters. The molecule has 3 aromatic carbocycles. The number of nitrogens with one attached hydrogen (secondary N) is 3. The van der Waals surface area contributed by atoms with Gasteiger partial charge in [0.1, 0.15) is 11.8 Å². The molecule has 0 aliphatic heterocycles. The number of aryl methyl sites for hydroxylation is 1. The summed E-state index contributed by atoms with van der Waals surface area (Å²) in [4.78, 5) is 25.5. The number of anilines is 1. The highest BCUT2D eigenvalue weighted by Gasteiger charge is 2.22. The molecule has 0 aliphatic carbocycles. The summed E-state index contributed by atoms with van der Waals surface area (Å²) in [6.45, 7) is 1.74. The van der Waals surface area contributed by atoms with Crippen LogP contribution in [0.4, 0.5) is 5.82 Å². The third kappa shape index (κ3) is 4.96. The van der Waals surface area contributed by atoms with Crippen molar-refractivity contribution in [2.24, 2.45) is 0 Å². The Morgan fingerprint density at radius 3 is 2.48 bits per heavy atom. The van der Waals surface area contributed by atoms with E-state index in [0.717, 1.165) is 16.3 Å². The molecule has 0 aliphatic rings. The van der Waals surface area contributed by atoms with Gasteiger partial charge < -0.3 is 9.84 Å². The molecule has 31 heavy (non-hydrogen) atoms. The topological polar surface area (TPSA) is 96.3 Å². The Bertz CT molecular complexity index is 1200.